The average molecular weight is 705 g/mol. The first kappa shape index (κ1) is 45.5. The van der Waals surface area contributed by atoms with Crippen LogP contribution in [0.25, 0.3) is 0 Å². The molecule has 0 aromatic rings. The predicted octanol–water partition coefficient (Wildman–Crippen LogP) is 1.93. The zero-order chi connectivity index (χ0) is 34.3. The minimum Gasteiger partial charge on any atom is -0.476 e. The maximum Gasteiger partial charge on any atom is 0.372 e. The van der Waals surface area contributed by atoms with Gasteiger partial charge in [-0.15, -0.1) is 11.6 Å². The molecule has 0 aromatic heterocycles. The summed E-state index contributed by atoms with van der Waals surface area (Å²) in [4.78, 5) is 32.6. The van der Waals surface area contributed by atoms with Crippen LogP contribution in [0.1, 0.15) is 38.5 Å². The molecule has 0 saturated carbocycles. The fraction of sp³-hybridized carbons (Fsp3) is 0.903. The molecule has 0 saturated heterocycles. The minimum atomic E-state index is -1.56. The smallest absolute Gasteiger partial charge is 0.372 e. The van der Waals surface area contributed by atoms with Crippen LogP contribution in [0.3, 0.4) is 0 Å². The quantitative estimate of drug-likeness (QED) is 0.0424. The van der Waals surface area contributed by atoms with Crippen molar-refractivity contribution in [2.24, 2.45) is 0 Å². The number of carboxylic acids is 1. The number of ketones is 1. The van der Waals surface area contributed by atoms with Crippen molar-refractivity contribution in [2.75, 3.05) is 145 Å². The lowest BCUT2D eigenvalue weighted by Gasteiger charge is -2.09. The molecule has 15 nitrogen and oxygen atoms in total. The molecule has 0 amide bonds. The number of esters is 1. The van der Waals surface area contributed by atoms with Crippen LogP contribution >= 0.6 is 11.6 Å². The summed E-state index contributed by atoms with van der Waals surface area (Å²) in [6.07, 6.45) is 3.80. The van der Waals surface area contributed by atoms with Crippen LogP contribution in [-0.2, 0) is 66.5 Å². The standard InChI is InChI=1S/C31H57ClO15/c32-7-3-1-2-4-8-37-9-10-38-11-12-39-13-14-40-15-16-41-17-18-42-19-20-43-21-22-44-23-24-45-25-26-46-27-28-47-30(34)6-5-29(33)31(35)36/h1-28H2,(H,35,36). The number of unbranched alkanes of at least 4 members (excludes halogenated alkanes) is 3. The van der Waals surface area contributed by atoms with Crippen LogP contribution in [0.15, 0.2) is 0 Å². The third-order valence-corrected chi connectivity index (χ3v) is 6.07. The summed E-state index contributed by atoms with van der Waals surface area (Å²) in [5, 5.41) is 8.44. The molecule has 0 aliphatic carbocycles. The second-order valence-corrected chi connectivity index (χ2v) is 10.1. The van der Waals surface area contributed by atoms with E-state index in [1.54, 1.807) is 0 Å². The first-order chi connectivity index (χ1) is 23.1. The fourth-order valence-electron chi connectivity index (χ4n) is 3.34. The molecule has 278 valence electrons. The van der Waals surface area contributed by atoms with Gasteiger partial charge < -0.3 is 57.2 Å². The van der Waals surface area contributed by atoms with Crippen molar-refractivity contribution in [2.45, 2.75) is 38.5 Å². The van der Waals surface area contributed by atoms with Gasteiger partial charge in [0.1, 0.15) is 6.61 Å². The second-order valence-electron chi connectivity index (χ2n) is 9.68. The van der Waals surface area contributed by atoms with Gasteiger partial charge in [0.25, 0.3) is 0 Å². The molecule has 0 aromatic carbocycles. The fourth-order valence-corrected chi connectivity index (χ4v) is 3.53. The number of hydrogen-bond donors (Lipinski definition) is 1. The number of aliphatic carboxylic acids is 1. The summed E-state index contributed by atoms with van der Waals surface area (Å²) in [6.45, 7) is 9.48. The van der Waals surface area contributed by atoms with E-state index >= 15 is 0 Å². The van der Waals surface area contributed by atoms with Gasteiger partial charge in [-0.05, 0) is 12.8 Å². The summed E-state index contributed by atoms with van der Waals surface area (Å²) in [7, 11) is 0. The number of ether oxygens (including phenoxy) is 11. The highest BCUT2D eigenvalue weighted by Gasteiger charge is 2.14. The minimum absolute atomic E-state index is 0.0149. The number of alkyl halides is 1. The number of rotatable bonds is 40. The maximum absolute atomic E-state index is 11.4. The van der Waals surface area contributed by atoms with E-state index in [2.05, 4.69) is 0 Å². The van der Waals surface area contributed by atoms with Gasteiger partial charge in [-0.3, -0.25) is 9.59 Å². The first-order valence-corrected chi connectivity index (χ1v) is 16.9. The topological polar surface area (TPSA) is 173 Å². The van der Waals surface area contributed by atoms with E-state index < -0.39 is 17.7 Å². The molecule has 0 fully saturated rings. The van der Waals surface area contributed by atoms with Gasteiger partial charge in [0, 0.05) is 18.9 Å². The third-order valence-electron chi connectivity index (χ3n) is 5.81. The number of carbonyl (C=O) groups excluding carboxylic acids is 2. The second kappa shape index (κ2) is 38.9. The normalized spacial score (nSPS) is 11.3. The highest BCUT2D eigenvalue weighted by atomic mass is 35.5. The van der Waals surface area contributed by atoms with Gasteiger partial charge in [-0.2, -0.15) is 0 Å². The van der Waals surface area contributed by atoms with Gasteiger partial charge in [0.05, 0.1) is 132 Å². The Bertz CT molecular complexity index is 702. The molecule has 0 radical (unpaired) electrons. The van der Waals surface area contributed by atoms with E-state index in [0.29, 0.717) is 119 Å². The molecule has 0 atom stereocenters. The Morgan fingerprint density at radius 3 is 1.00 bits per heavy atom. The van der Waals surface area contributed by atoms with Crippen LogP contribution in [0.4, 0.5) is 0 Å². The molecule has 0 unspecified atom stereocenters. The zero-order valence-electron chi connectivity index (χ0n) is 27.8. The largest absolute Gasteiger partial charge is 0.476 e. The Balaban J connectivity index is 3.11. The van der Waals surface area contributed by atoms with E-state index in [1.165, 1.54) is 0 Å². The van der Waals surface area contributed by atoms with Crippen molar-refractivity contribution >= 4 is 29.3 Å². The van der Waals surface area contributed by atoms with E-state index in [-0.39, 0.29) is 26.1 Å². The van der Waals surface area contributed by atoms with Crippen molar-refractivity contribution < 1.29 is 71.6 Å². The van der Waals surface area contributed by atoms with Crippen LogP contribution < -0.4 is 0 Å². The van der Waals surface area contributed by atoms with Gasteiger partial charge >= 0.3 is 11.9 Å². The molecule has 0 heterocycles. The van der Waals surface area contributed by atoms with Crippen molar-refractivity contribution in [3.05, 3.63) is 0 Å². The first-order valence-electron chi connectivity index (χ1n) is 16.3. The Morgan fingerprint density at radius 2 is 0.681 bits per heavy atom. The lowest BCUT2D eigenvalue weighted by atomic mass is 10.2. The number of halogens is 1. The van der Waals surface area contributed by atoms with Gasteiger partial charge in [0.15, 0.2) is 0 Å². The van der Waals surface area contributed by atoms with E-state index in [0.717, 1.165) is 38.2 Å². The van der Waals surface area contributed by atoms with Gasteiger partial charge in [-0.25, -0.2) is 4.79 Å². The van der Waals surface area contributed by atoms with Crippen molar-refractivity contribution in [3.63, 3.8) is 0 Å². The average Bonchev–Trinajstić information content (AvgIpc) is 3.06. The number of carbonyl (C=O) groups is 3. The Morgan fingerprint density at radius 1 is 0.383 bits per heavy atom. The molecule has 0 bridgehead atoms. The molecule has 0 spiro atoms. The number of carboxylic acid groups (broad SMARTS) is 1. The summed E-state index contributed by atoms with van der Waals surface area (Å²) < 4.78 is 59.1. The zero-order valence-corrected chi connectivity index (χ0v) is 28.6. The highest BCUT2D eigenvalue weighted by molar-refractivity contribution is 6.32. The van der Waals surface area contributed by atoms with E-state index in [9.17, 15) is 14.4 Å². The van der Waals surface area contributed by atoms with Crippen LogP contribution in [0.5, 0.6) is 0 Å². The molecule has 1 N–H and O–H groups in total. The molecule has 16 heteroatoms. The van der Waals surface area contributed by atoms with Crippen LogP contribution in [-0.4, -0.2) is 167 Å². The third kappa shape index (κ3) is 38.8. The molecule has 47 heavy (non-hydrogen) atoms. The highest BCUT2D eigenvalue weighted by Crippen LogP contribution is 2.01. The number of Topliss-reactive ketones (excluding diaryl/α,β-unsaturated/α-hetero) is 1. The van der Waals surface area contributed by atoms with Gasteiger partial charge in [-0.1, -0.05) is 12.8 Å². The van der Waals surface area contributed by atoms with Crippen LogP contribution in [0, 0.1) is 0 Å². The summed E-state index contributed by atoms with van der Waals surface area (Å²) >= 11 is 5.64. The Kier molecular flexibility index (Phi) is 37.7. The molecular weight excluding hydrogens is 648 g/mol. The van der Waals surface area contributed by atoms with Crippen molar-refractivity contribution in [1.82, 2.24) is 0 Å². The summed E-state index contributed by atoms with van der Waals surface area (Å²) in [6, 6.07) is 0. The maximum atomic E-state index is 11.4. The molecule has 0 rings (SSSR count). The molecule has 0 aliphatic heterocycles. The number of hydrogen-bond acceptors (Lipinski definition) is 14. The predicted molar refractivity (Wildman–Crippen MR) is 170 cm³/mol. The molecular formula is C31H57ClO15. The van der Waals surface area contributed by atoms with Crippen molar-refractivity contribution in [3.8, 4) is 0 Å². The Hall–Kier alpha value is -1.50. The lowest BCUT2D eigenvalue weighted by Crippen LogP contribution is -2.17. The van der Waals surface area contributed by atoms with E-state index in [4.69, 9.17) is 68.8 Å². The van der Waals surface area contributed by atoms with Gasteiger partial charge in [0.2, 0.25) is 5.78 Å². The van der Waals surface area contributed by atoms with E-state index in [1.807, 2.05) is 0 Å². The monoisotopic (exact) mass is 704 g/mol. The Labute approximate surface area is 284 Å². The molecule has 0 aliphatic rings. The van der Waals surface area contributed by atoms with Crippen LogP contribution in [0.2, 0.25) is 0 Å². The summed E-state index contributed by atoms with van der Waals surface area (Å²) in [5.41, 5.74) is 0. The SMILES string of the molecule is O=C(CCC(=O)C(=O)O)OCCOCCOCCOCCOCCOCCOCCOCCOCCOCCOCCCCCCCl. The van der Waals surface area contributed by atoms with Crippen molar-refractivity contribution in [1.29, 1.82) is 0 Å². The lowest BCUT2D eigenvalue weighted by molar-refractivity contribution is -0.151. The summed E-state index contributed by atoms with van der Waals surface area (Å²) in [5.74, 6) is -2.50.